The SMILES string of the molecule is Nc1ccnc(Nc2cc(Cl)ccc2Br)c1. The second kappa shape index (κ2) is 4.72. The summed E-state index contributed by atoms with van der Waals surface area (Å²) in [6.45, 7) is 0. The summed E-state index contributed by atoms with van der Waals surface area (Å²) in [4.78, 5) is 4.15. The smallest absolute Gasteiger partial charge is 0.132 e. The third-order valence-corrected chi connectivity index (χ3v) is 2.90. The lowest BCUT2D eigenvalue weighted by Gasteiger charge is -2.08. The number of hydrogen-bond donors (Lipinski definition) is 2. The minimum absolute atomic E-state index is 0.662. The van der Waals surface area contributed by atoms with Gasteiger partial charge in [-0.15, -0.1) is 0 Å². The lowest BCUT2D eigenvalue weighted by Crippen LogP contribution is -1.95. The minimum atomic E-state index is 0.662. The minimum Gasteiger partial charge on any atom is -0.399 e. The highest BCUT2D eigenvalue weighted by Crippen LogP contribution is 2.28. The molecule has 0 radical (unpaired) electrons. The van der Waals surface area contributed by atoms with E-state index < -0.39 is 0 Å². The second-order valence-electron chi connectivity index (χ2n) is 3.22. The Hall–Kier alpha value is -1.26. The van der Waals surface area contributed by atoms with E-state index in [2.05, 4.69) is 26.2 Å². The van der Waals surface area contributed by atoms with E-state index in [1.807, 2.05) is 18.2 Å². The van der Waals surface area contributed by atoms with Crippen LogP contribution in [0.2, 0.25) is 5.02 Å². The van der Waals surface area contributed by atoms with Gasteiger partial charge in [0.1, 0.15) is 5.82 Å². The largest absolute Gasteiger partial charge is 0.399 e. The molecule has 0 aliphatic rings. The summed E-state index contributed by atoms with van der Waals surface area (Å²) in [7, 11) is 0. The van der Waals surface area contributed by atoms with Gasteiger partial charge in [0.15, 0.2) is 0 Å². The molecule has 2 rings (SSSR count). The maximum atomic E-state index is 5.91. The van der Waals surface area contributed by atoms with E-state index in [0.717, 1.165) is 10.2 Å². The van der Waals surface area contributed by atoms with Gasteiger partial charge in [0.05, 0.1) is 5.69 Å². The first-order valence-electron chi connectivity index (χ1n) is 4.59. The highest BCUT2D eigenvalue weighted by atomic mass is 79.9. The van der Waals surface area contributed by atoms with Crippen molar-refractivity contribution in [3.05, 3.63) is 46.0 Å². The van der Waals surface area contributed by atoms with Crippen molar-refractivity contribution in [2.45, 2.75) is 0 Å². The molecule has 3 nitrogen and oxygen atoms in total. The molecule has 3 N–H and O–H groups in total. The number of anilines is 3. The fourth-order valence-electron chi connectivity index (χ4n) is 1.25. The van der Waals surface area contributed by atoms with Gasteiger partial charge in [-0.3, -0.25) is 0 Å². The van der Waals surface area contributed by atoms with E-state index in [-0.39, 0.29) is 0 Å². The molecule has 0 bridgehead atoms. The van der Waals surface area contributed by atoms with E-state index >= 15 is 0 Å². The molecular formula is C11H9BrClN3. The van der Waals surface area contributed by atoms with Crippen molar-refractivity contribution in [3.63, 3.8) is 0 Å². The van der Waals surface area contributed by atoms with Crippen LogP contribution in [0.3, 0.4) is 0 Å². The van der Waals surface area contributed by atoms with Gasteiger partial charge in [-0.05, 0) is 40.2 Å². The predicted octanol–water partition coefficient (Wildman–Crippen LogP) is 3.82. The molecule has 0 fully saturated rings. The Morgan fingerprint density at radius 3 is 2.81 bits per heavy atom. The third kappa shape index (κ3) is 2.65. The van der Waals surface area contributed by atoms with Crippen LogP contribution in [0.5, 0.6) is 0 Å². The van der Waals surface area contributed by atoms with Crippen LogP contribution in [0.1, 0.15) is 0 Å². The number of rotatable bonds is 2. The summed E-state index contributed by atoms with van der Waals surface area (Å²) in [5.41, 5.74) is 7.18. The fraction of sp³-hybridized carbons (Fsp3) is 0. The number of hydrogen-bond acceptors (Lipinski definition) is 3. The Bertz CT molecular complexity index is 516. The topological polar surface area (TPSA) is 50.9 Å². The summed E-state index contributed by atoms with van der Waals surface area (Å²) in [6.07, 6.45) is 1.65. The monoisotopic (exact) mass is 297 g/mol. The van der Waals surface area contributed by atoms with Crippen LogP contribution in [-0.2, 0) is 0 Å². The van der Waals surface area contributed by atoms with Crippen LogP contribution in [0.15, 0.2) is 41.0 Å². The average Bonchev–Trinajstić information content (AvgIpc) is 2.24. The molecule has 0 saturated carbocycles. The molecule has 0 atom stereocenters. The maximum absolute atomic E-state index is 5.91. The molecule has 0 aliphatic carbocycles. The average molecular weight is 299 g/mol. The van der Waals surface area contributed by atoms with E-state index in [4.69, 9.17) is 17.3 Å². The first-order chi connectivity index (χ1) is 7.65. The standard InChI is InChI=1S/C11H9BrClN3/c12-9-2-1-7(13)5-10(9)16-11-6-8(14)3-4-15-11/h1-6H,(H3,14,15,16). The molecule has 0 spiro atoms. The van der Waals surface area contributed by atoms with Gasteiger partial charge < -0.3 is 11.1 Å². The van der Waals surface area contributed by atoms with Crippen molar-refractivity contribution in [2.75, 3.05) is 11.1 Å². The molecule has 5 heteroatoms. The number of pyridine rings is 1. The molecule has 0 amide bonds. The van der Waals surface area contributed by atoms with Gasteiger partial charge in [0.2, 0.25) is 0 Å². The number of aromatic nitrogens is 1. The van der Waals surface area contributed by atoms with Crippen LogP contribution in [0, 0.1) is 0 Å². The molecule has 1 aromatic heterocycles. The van der Waals surface area contributed by atoms with E-state index in [1.54, 1.807) is 18.3 Å². The Morgan fingerprint density at radius 1 is 1.25 bits per heavy atom. The van der Waals surface area contributed by atoms with Crippen molar-refractivity contribution in [1.29, 1.82) is 0 Å². The van der Waals surface area contributed by atoms with E-state index in [9.17, 15) is 0 Å². The Balaban J connectivity index is 2.30. The van der Waals surface area contributed by atoms with Gasteiger partial charge in [-0.1, -0.05) is 11.6 Å². The number of nitrogens with two attached hydrogens (primary N) is 1. The Labute approximate surface area is 107 Å². The first kappa shape index (κ1) is 11.2. The van der Waals surface area contributed by atoms with Gasteiger partial charge >= 0.3 is 0 Å². The number of halogens is 2. The van der Waals surface area contributed by atoms with E-state index in [0.29, 0.717) is 16.5 Å². The Morgan fingerprint density at radius 2 is 2.06 bits per heavy atom. The van der Waals surface area contributed by atoms with Crippen molar-refractivity contribution < 1.29 is 0 Å². The first-order valence-corrected chi connectivity index (χ1v) is 5.76. The molecular weight excluding hydrogens is 289 g/mol. The molecule has 1 aromatic carbocycles. The van der Waals surface area contributed by atoms with Crippen molar-refractivity contribution in [2.24, 2.45) is 0 Å². The summed E-state index contributed by atoms with van der Waals surface area (Å²) in [6, 6.07) is 8.99. The summed E-state index contributed by atoms with van der Waals surface area (Å²) >= 11 is 9.33. The number of nitrogens with zero attached hydrogens (tertiary/aromatic N) is 1. The molecule has 0 unspecified atom stereocenters. The zero-order valence-corrected chi connectivity index (χ0v) is 10.6. The number of nitrogen functional groups attached to an aromatic ring is 1. The zero-order chi connectivity index (χ0) is 11.5. The summed E-state index contributed by atoms with van der Waals surface area (Å²) < 4.78 is 0.918. The van der Waals surface area contributed by atoms with Crippen LogP contribution in [-0.4, -0.2) is 4.98 Å². The highest BCUT2D eigenvalue weighted by Gasteiger charge is 2.02. The summed E-state index contributed by atoms with van der Waals surface area (Å²) in [5.74, 6) is 0.683. The molecule has 0 saturated heterocycles. The number of benzene rings is 1. The lowest BCUT2D eigenvalue weighted by atomic mass is 10.3. The quantitative estimate of drug-likeness (QED) is 0.886. The van der Waals surface area contributed by atoms with Crippen LogP contribution in [0.25, 0.3) is 0 Å². The van der Waals surface area contributed by atoms with Crippen LogP contribution < -0.4 is 11.1 Å². The van der Waals surface area contributed by atoms with Gasteiger partial charge in [-0.25, -0.2) is 4.98 Å². The van der Waals surface area contributed by atoms with Crippen molar-refractivity contribution >= 4 is 44.7 Å². The highest BCUT2D eigenvalue weighted by molar-refractivity contribution is 9.10. The molecule has 16 heavy (non-hydrogen) atoms. The van der Waals surface area contributed by atoms with Gasteiger partial charge in [-0.2, -0.15) is 0 Å². The molecule has 1 heterocycles. The number of nitrogens with one attached hydrogen (secondary N) is 1. The van der Waals surface area contributed by atoms with Crippen molar-refractivity contribution in [1.82, 2.24) is 4.98 Å². The van der Waals surface area contributed by atoms with E-state index in [1.165, 1.54) is 0 Å². The van der Waals surface area contributed by atoms with Crippen LogP contribution in [0.4, 0.5) is 17.2 Å². The third-order valence-electron chi connectivity index (χ3n) is 1.98. The Kier molecular flexibility index (Phi) is 3.31. The lowest BCUT2D eigenvalue weighted by molar-refractivity contribution is 1.31. The fourth-order valence-corrected chi connectivity index (χ4v) is 1.76. The normalized spacial score (nSPS) is 10.1. The van der Waals surface area contributed by atoms with Crippen molar-refractivity contribution in [3.8, 4) is 0 Å². The maximum Gasteiger partial charge on any atom is 0.132 e. The molecule has 82 valence electrons. The van der Waals surface area contributed by atoms with Crippen LogP contribution >= 0.6 is 27.5 Å². The zero-order valence-electron chi connectivity index (χ0n) is 8.24. The molecule has 0 aliphatic heterocycles. The predicted molar refractivity (Wildman–Crippen MR) is 71.1 cm³/mol. The summed E-state index contributed by atoms with van der Waals surface area (Å²) in [5, 5.41) is 3.79. The van der Waals surface area contributed by atoms with Gasteiger partial charge in [0.25, 0.3) is 0 Å². The molecule has 2 aromatic rings. The second-order valence-corrected chi connectivity index (χ2v) is 4.51. The van der Waals surface area contributed by atoms with Gasteiger partial charge in [0, 0.05) is 27.4 Å².